The van der Waals surface area contributed by atoms with E-state index in [2.05, 4.69) is 15.3 Å². The summed E-state index contributed by atoms with van der Waals surface area (Å²) in [5.74, 6) is 2.55. The van der Waals surface area contributed by atoms with E-state index in [1.807, 2.05) is 18.2 Å². The van der Waals surface area contributed by atoms with Gasteiger partial charge in [-0.05, 0) is 42.3 Å². The summed E-state index contributed by atoms with van der Waals surface area (Å²) < 4.78 is 37.1. The lowest BCUT2D eigenvalue weighted by atomic mass is 10.1. The van der Waals surface area contributed by atoms with Crippen LogP contribution in [0.15, 0.2) is 60.9 Å². The second-order valence-corrected chi connectivity index (χ2v) is 9.83. The van der Waals surface area contributed by atoms with Crippen molar-refractivity contribution in [3.05, 3.63) is 77.3 Å². The Labute approximate surface area is 236 Å². The third-order valence-electron chi connectivity index (χ3n) is 6.16. The summed E-state index contributed by atoms with van der Waals surface area (Å²) in [6, 6.07) is 15.3. The summed E-state index contributed by atoms with van der Waals surface area (Å²) in [6.45, 7) is 2.00. The Kier molecular flexibility index (Phi) is 9.19. The van der Waals surface area contributed by atoms with Gasteiger partial charge in [0.25, 0.3) is 0 Å². The van der Waals surface area contributed by atoms with Gasteiger partial charge in [0.05, 0.1) is 35.7 Å². The van der Waals surface area contributed by atoms with Gasteiger partial charge in [-0.1, -0.05) is 23.7 Å². The highest BCUT2D eigenvalue weighted by molar-refractivity contribution is 6.32. The number of halogens is 3. The van der Waals surface area contributed by atoms with Crippen LogP contribution in [0.4, 0.5) is 15.9 Å². The molecule has 0 amide bonds. The van der Waals surface area contributed by atoms with Crippen molar-refractivity contribution in [3.63, 3.8) is 0 Å². The van der Waals surface area contributed by atoms with Crippen molar-refractivity contribution in [3.8, 4) is 17.2 Å². The monoisotopic (exact) mass is 571 g/mol. The smallest absolute Gasteiger partial charge is 0.145 e. The van der Waals surface area contributed by atoms with Gasteiger partial charge in [-0.2, -0.15) is 0 Å². The number of fused-ring (bicyclic) bond motifs is 1. The molecule has 1 N–H and O–H groups in total. The van der Waals surface area contributed by atoms with Gasteiger partial charge < -0.3 is 24.3 Å². The van der Waals surface area contributed by atoms with E-state index >= 15 is 0 Å². The molecule has 2 heterocycles. The van der Waals surface area contributed by atoms with Crippen LogP contribution < -0.4 is 19.5 Å². The van der Waals surface area contributed by atoms with E-state index in [4.69, 9.17) is 42.1 Å². The zero-order valence-corrected chi connectivity index (χ0v) is 22.7. The number of ether oxygens (including phenoxy) is 4. The average molecular weight is 572 g/mol. The lowest BCUT2D eigenvalue weighted by Crippen LogP contribution is -2.26. The molecule has 1 aliphatic heterocycles. The first-order chi connectivity index (χ1) is 19.1. The maximum atomic E-state index is 13.5. The first kappa shape index (κ1) is 27.2. The van der Waals surface area contributed by atoms with Crippen molar-refractivity contribution < 1.29 is 23.3 Å². The molecule has 0 unspecified atom stereocenters. The summed E-state index contributed by atoms with van der Waals surface area (Å²) >= 11 is 12.3. The molecule has 39 heavy (non-hydrogen) atoms. The van der Waals surface area contributed by atoms with Crippen molar-refractivity contribution in [2.24, 2.45) is 0 Å². The number of nitrogens with one attached hydrogen (secondary N) is 1. The second kappa shape index (κ2) is 13.2. The number of hydrogen-bond acceptors (Lipinski definition) is 7. The van der Waals surface area contributed by atoms with Gasteiger partial charge >= 0.3 is 0 Å². The Bertz CT molecular complexity index is 1420. The Morgan fingerprint density at radius 1 is 1.00 bits per heavy atom. The molecule has 0 radical (unpaired) electrons. The van der Waals surface area contributed by atoms with Crippen LogP contribution in [0.25, 0.3) is 10.9 Å². The van der Waals surface area contributed by atoms with Crippen molar-refractivity contribution in [2.45, 2.75) is 32.0 Å². The molecular formula is C29H28Cl2FN3O4. The highest BCUT2D eigenvalue weighted by Gasteiger charge is 2.20. The first-order valence-corrected chi connectivity index (χ1v) is 13.7. The Morgan fingerprint density at radius 2 is 1.87 bits per heavy atom. The third kappa shape index (κ3) is 7.20. The molecule has 0 aliphatic carbocycles. The SMILES string of the molecule is Fc1cccc(COc2ccc(Nc3ncnc4cc(OCCCCl)cc(OC5CCOCC5)c34)cc2Cl)c1. The zero-order valence-electron chi connectivity index (χ0n) is 21.2. The minimum atomic E-state index is -0.312. The second-order valence-electron chi connectivity index (χ2n) is 9.05. The number of aromatic nitrogens is 2. The zero-order chi connectivity index (χ0) is 27.0. The molecular weight excluding hydrogens is 544 g/mol. The highest BCUT2D eigenvalue weighted by atomic mass is 35.5. The van der Waals surface area contributed by atoms with Crippen LogP contribution in [0.2, 0.25) is 5.02 Å². The topological polar surface area (TPSA) is 74.7 Å². The molecule has 0 saturated carbocycles. The summed E-state index contributed by atoms with van der Waals surface area (Å²) in [7, 11) is 0. The fourth-order valence-corrected chi connectivity index (χ4v) is 4.58. The van der Waals surface area contributed by atoms with E-state index in [0.717, 1.165) is 24.6 Å². The molecule has 5 rings (SSSR count). The standard InChI is InChI=1S/C29H28Cl2FN3O4/c30-9-2-10-37-23-15-25-28(27(16-23)39-22-7-11-36-12-8-22)29(34-18-33-25)35-21-5-6-26(24(31)14-21)38-17-19-3-1-4-20(32)13-19/h1,3-6,13-16,18,22H,2,7-12,17H2,(H,33,34,35). The van der Waals surface area contributed by atoms with Crippen molar-refractivity contribution in [1.29, 1.82) is 0 Å². The normalized spacial score (nSPS) is 13.8. The molecule has 0 bridgehead atoms. The molecule has 1 aromatic heterocycles. The quantitative estimate of drug-likeness (QED) is 0.149. The van der Waals surface area contributed by atoms with Crippen molar-refractivity contribution in [1.82, 2.24) is 9.97 Å². The summed E-state index contributed by atoms with van der Waals surface area (Å²) in [5.41, 5.74) is 2.10. The van der Waals surface area contributed by atoms with E-state index in [9.17, 15) is 4.39 Å². The Hall–Kier alpha value is -3.33. The van der Waals surface area contributed by atoms with Crippen molar-refractivity contribution in [2.75, 3.05) is 31.0 Å². The van der Waals surface area contributed by atoms with Crippen LogP contribution in [-0.4, -0.2) is 41.8 Å². The summed E-state index contributed by atoms with van der Waals surface area (Å²) in [4.78, 5) is 8.98. The van der Waals surface area contributed by atoms with Crippen LogP contribution >= 0.6 is 23.2 Å². The minimum Gasteiger partial charge on any atom is -0.493 e. The summed E-state index contributed by atoms with van der Waals surface area (Å²) in [6.07, 6.45) is 3.82. The fraction of sp³-hybridized carbons (Fsp3) is 0.310. The molecule has 3 aromatic carbocycles. The van der Waals surface area contributed by atoms with Crippen LogP contribution in [0, 0.1) is 5.82 Å². The molecule has 0 spiro atoms. The van der Waals surface area contributed by atoms with Crippen LogP contribution in [-0.2, 0) is 11.3 Å². The van der Waals surface area contributed by atoms with E-state index in [0.29, 0.717) is 70.6 Å². The van der Waals surface area contributed by atoms with E-state index in [1.54, 1.807) is 24.3 Å². The number of anilines is 2. The number of hydrogen-bond donors (Lipinski definition) is 1. The first-order valence-electron chi connectivity index (χ1n) is 12.7. The molecule has 10 heteroatoms. The number of nitrogens with zero attached hydrogens (tertiary/aromatic N) is 2. The van der Waals surface area contributed by atoms with E-state index in [1.165, 1.54) is 18.5 Å². The van der Waals surface area contributed by atoms with Gasteiger partial charge in [0.1, 0.15) is 47.9 Å². The van der Waals surface area contributed by atoms with E-state index < -0.39 is 0 Å². The largest absolute Gasteiger partial charge is 0.493 e. The highest BCUT2D eigenvalue weighted by Crippen LogP contribution is 2.38. The van der Waals surface area contributed by atoms with E-state index in [-0.39, 0.29) is 18.5 Å². The maximum absolute atomic E-state index is 13.5. The van der Waals surface area contributed by atoms with Crippen LogP contribution in [0.3, 0.4) is 0 Å². The van der Waals surface area contributed by atoms with Gasteiger partial charge in [-0.25, -0.2) is 14.4 Å². The van der Waals surface area contributed by atoms with Gasteiger partial charge in [-0.15, -0.1) is 11.6 Å². The van der Waals surface area contributed by atoms with Crippen molar-refractivity contribution >= 4 is 45.6 Å². The summed E-state index contributed by atoms with van der Waals surface area (Å²) in [5, 5.41) is 4.48. The molecule has 7 nitrogen and oxygen atoms in total. The molecule has 4 aromatic rings. The third-order valence-corrected chi connectivity index (χ3v) is 6.72. The minimum absolute atomic E-state index is 0.0112. The predicted molar refractivity (Wildman–Crippen MR) is 150 cm³/mol. The average Bonchev–Trinajstić information content (AvgIpc) is 2.93. The predicted octanol–water partition coefficient (Wildman–Crippen LogP) is 7.31. The fourth-order valence-electron chi connectivity index (χ4n) is 4.24. The van der Waals surface area contributed by atoms with Gasteiger partial charge in [0.2, 0.25) is 0 Å². The lowest BCUT2D eigenvalue weighted by Gasteiger charge is -2.24. The molecule has 1 saturated heterocycles. The molecule has 204 valence electrons. The lowest BCUT2D eigenvalue weighted by molar-refractivity contribution is 0.0261. The molecule has 1 aliphatic rings. The maximum Gasteiger partial charge on any atom is 0.145 e. The van der Waals surface area contributed by atoms with Gasteiger partial charge in [0, 0.05) is 36.5 Å². The number of benzene rings is 3. The Morgan fingerprint density at radius 3 is 2.67 bits per heavy atom. The number of alkyl halides is 1. The molecule has 0 atom stereocenters. The van der Waals surface area contributed by atoms with Crippen LogP contribution in [0.1, 0.15) is 24.8 Å². The van der Waals surface area contributed by atoms with Gasteiger partial charge in [0.15, 0.2) is 0 Å². The Balaban J connectivity index is 1.39. The van der Waals surface area contributed by atoms with Crippen LogP contribution in [0.5, 0.6) is 17.2 Å². The number of rotatable bonds is 11. The molecule has 1 fully saturated rings. The van der Waals surface area contributed by atoms with Gasteiger partial charge in [-0.3, -0.25) is 0 Å².